The van der Waals surface area contributed by atoms with E-state index in [4.69, 9.17) is 4.74 Å². The van der Waals surface area contributed by atoms with E-state index in [1.807, 2.05) is 90.1 Å². The summed E-state index contributed by atoms with van der Waals surface area (Å²) in [5.41, 5.74) is 5.12. The normalized spacial score (nSPS) is 14.1. The number of amides is 2. The summed E-state index contributed by atoms with van der Waals surface area (Å²) < 4.78 is 7.94. The van der Waals surface area contributed by atoms with E-state index in [-0.39, 0.29) is 17.9 Å². The molecule has 3 heterocycles. The van der Waals surface area contributed by atoms with Crippen LogP contribution >= 0.6 is 0 Å². The molecule has 1 saturated heterocycles. The van der Waals surface area contributed by atoms with E-state index < -0.39 is 0 Å². The molecule has 7 heteroatoms. The Balaban J connectivity index is 1.16. The smallest absolute Gasteiger partial charge is 0.253 e. The molecule has 0 unspecified atom stereocenters. The summed E-state index contributed by atoms with van der Waals surface area (Å²) in [6, 6.07) is 18.9. The molecule has 0 saturated carbocycles. The number of aryl methyl sites for hydroxylation is 2. The molecule has 1 aliphatic rings. The molecule has 0 aliphatic carbocycles. The lowest BCUT2D eigenvalue weighted by atomic mass is 10.0. The molecule has 184 valence electrons. The Hall–Kier alpha value is -4.13. The number of benzene rings is 2. The van der Waals surface area contributed by atoms with E-state index in [2.05, 4.69) is 10.3 Å². The molecule has 4 aromatic rings. The molecule has 1 aliphatic heterocycles. The Bertz CT molecular complexity index is 1400. The fourth-order valence-corrected chi connectivity index (χ4v) is 4.60. The quantitative estimate of drug-likeness (QED) is 0.437. The molecular formula is C29H30N4O3. The van der Waals surface area contributed by atoms with Gasteiger partial charge in [0.1, 0.15) is 18.0 Å². The molecule has 7 nitrogen and oxygen atoms in total. The predicted molar refractivity (Wildman–Crippen MR) is 138 cm³/mol. The molecule has 36 heavy (non-hydrogen) atoms. The number of hydrogen-bond acceptors (Lipinski definition) is 4. The molecule has 0 radical (unpaired) electrons. The first-order valence-electron chi connectivity index (χ1n) is 12.3. The van der Waals surface area contributed by atoms with Gasteiger partial charge in [-0.05, 0) is 68.1 Å². The number of pyridine rings is 1. The number of aromatic nitrogens is 2. The maximum Gasteiger partial charge on any atom is 0.253 e. The lowest BCUT2D eigenvalue weighted by Gasteiger charge is -2.32. The third-order valence-corrected chi connectivity index (χ3v) is 6.62. The molecule has 0 spiro atoms. The van der Waals surface area contributed by atoms with Crippen LogP contribution in [-0.4, -0.2) is 45.2 Å². The predicted octanol–water partition coefficient (Wildman–Crippen LogP) is 4.56. The highest BCUT2D eigenvalue weighted by Gasteiger charge is 2.25. The second-order valence-electron chi connectivity index (χ2n) is 9.38. The summed E-state index contributed by atoms with van der Waals surface area (Å²) in [6.45, 7) is 5.51. The number of hydrogen-bond donors (Lipinski definition) is 1. The number of carbonyl (C=O) groups excluding carboxylic acids is 2. The van der Waals surface area contributed by atoms with Gasteiger partial charge >= 0.3 is 0 Å². The minimum Gasteiger partial charge on any atom is -0.487 e. The number of fused-ring (bicyclic) bond motifs is 1. The van der Waals surface area contributed by atoms with Crippen LogP contribution < -0.4 is 10.1 Å². The van der Waals surface area contributed by atoms with Crippen molar-refractivity contribution in [3.63, 3.8) is 0 Å². The monoisotopic (exact) mass is 482 g/mol. The van der Waals surface area contributed by atoms with Crippen molar-refractivity contribution in [3.8, 4) is 5.75 Å². The van der Waals surface area contributed by atoms with E-state index in [0.717, 1.165) is 35.3 Å². The minimum absolute atomic E-state index is 0.0210. The van der Waals surface area contributed by atoms with E-state index in [1.165, 1.54) is 0 Å². The number of ether oxygens (including phenoxy) is 1. The number of piperidine rings is 1. The van der Waals surface area contributed by atoms with Crippen LogP contribution in [0.2, 0.25) is 0 Å². The van der Waals surface area contributed by atoms with Gasteiger partial charge in [0.15, 0.2) is 0 Å². The van der Waals surface area contributed by atoms with Crippen molar-refractivity contribution >= 4 is 17.5 Å². The summed E-state index contributed by atoms with van der Waals surface area (Å²) in [6.07, 6.45) is 5.45. The van der Waals surface area contributed by atoms with Gasteiger partial charge in [0.2, 0.25) is 0 Å². The molecular weight excluding hydrogens is 452 g/mol. The van der Waals surface area contributed by atoms with E-state index in [1.54, 1.807) is 6.07 Å². The van der Waals surface area contributed by atoms with Crippen LogP contribution in [0.25, 0.3) is 5.65 Å². The topological polar surface area (TPSA) is 75.9 Å². The van der Waals surface area contributed by atoms with Gasteiger partial charge in [-0.25, -0.2) is 4.98 Å². The number of imidazole rings is 1. The van der Waals surface area contributed by atoms with Gasteiger partial charge in [0, 0.05) is 42.7 Å². The average Bonchev–Trinajstić information content (AvgIpc) is 3.30. The highest BCUT2D eigenvalue weighted by molar-refractivity contribution is 5.96. The molecule has 2 aromatic carbocycles. The van der Waals surface area contributed by atoms with E-state index >= 15 is 0 Å². The molecule has 0 atom stereocenters. The van der Waals surface area contributed by atoms with Gasteiger partial charge < -0.3 is 19.4 Å². The fraction of sp³-hybridized carbons (Fsp3) is 0.276. The Labute approximate surface area is 210 Å². The highest BCUT2D eigenvalue weighted by atomic mass is 16.5. The zero-order chi connectivity index (χ0) is 25.1. The SMILES string of the molecule is Cc1ccc2nc(COc3cccc(C(=O)N4CCC(NC(=O)c5ccccc5C)CC4)c3)cn2c1. The average molecular weight is 483 g/mol. The van der Waals surface area contributed by atoms with Crippen molar-refractivity contribution in [3.05, 3.63) is 101 Å². The standard InChI is InChI=1S/C29H30N4O3/c1-20-10-11-27-30-24(18-33(27)17-20)19-36-25-8-5-7-22(16-25)29(35)32-14-12-23(13-15-32)31-28(34)26-9-4-3-6-21(26)2/h3-11,16-18,23H,12-15,19H2,1-2H3,(H,31,34). The van der Waals surface area contributed by atoms with Crippen LogP contribution in [0.1, 0.15) is 50.4 Å². The first-order valence-corrected chi connectivity index (χ1v) is 12.3. The number of carbonyl (C=O) groups is 2. The lowest BCUT2D eigenvalue weighted by molar-refractivity contribution is 0.0697. The van der Waals surface area contributed by atoms with Gasteiger partial charge in [0.05, 0.1) is 5.69 Å². The molecule has 2 aromatic heterocycles. The summed E-state index contributed by atoms with van der Waals surface area (Å²) in [5.74, 6) is 0.560. The number of rotatable bonds is 6. The third kappa shape index (κ3) is 5.25. The van der Waals surface area contributed by atoms with Crippen molar-refractivity contribution in [2.45, 2.75) is 39.3 Å². The van der Waals surface area contributed by atoms with E-state index in [9.17, 15) is 9.59 Å². The van der Waals surface area contributed by atoms with Crippen molar-refractivity contribution in [1.29, 1.82) is 0 Å². The van der Waals surface area contributed by atoms with Crippen molar-refractivity contribution in [2.75, 3.05) is 13.1 Å². The Morgan fingerprint density at radius 1 is 1.00 bits per heavy atom. The van der Waals surface area contributed by atoms with Gasteiger partial charge in [-0.3, -0.25) is 9.59 Å². The first kappa shape index (κ1) is 23.6. The van der Waals surface area contributed by atoms with Gasteiger partial charge in [-0.2, -0.15) is 0 Å². The Kier molecular flexibility index (Phi) is 6.71. The Morgan fingerprint density at radius 2 is 1.81 bits per heavy atom. The lowest BCUT2D eigenvalue weighted by Crippen LogP contribution is -2.46. The third-order valence-electron chi connectivity index (χ3n) is 6.62. The molecule has 5 rings (SSSR count). The van der Waals surface area contributed by atoms with Crippen LogP contribution in [0, 0.1) is 13.8 Å². The van der Waals surface area contributed by atoms with Crippen LogP contribution in [0.4, 0.5) is 0 Å². The summed E-state index contributed by atoms with van der Waals surface area (Å²) in [4.78, 5) is 32.2. The molecule has 1 fully saturated rings. The van der Waals surface area contributed by atoms with Crippen LogP contribution in [0.15, 0.2) is 73.1 Å². The molecule has 0 bridgehead atoms. The second-order valence-corrected chi connectivity index (χ2v) is 9.38. The van der Waals surface area contributed by atoms with E-state index in [0.29, 0.717) is 36.6 Å². The number of nitrogens with zero attached hydrogens (tertiary/aromatic N) is 3. The largest absolute Gasteiger partial charge is 0.487 e. The van der Waals surface area contributed by atoms with Crippen LogP contribution in [0.5, 0.6) is 5.75 Å². The molecule has 2 amide bonds. The maximum atomic E-state index is 13.1. The first-order chi connectivity index (χ1) is 17.5. The maximum absolute atomic E-state index is 13.1. The van der Waals surface area contributed by atoms with Crippen LogP contribution in [0.3, 0.4) is 0 Å². The highest BCUT2D eigenvalue weighted by Crippen LogP contribution is 2.20. The number of nitrogens with one attached hydrogen (secondary N) is 1. The van der Waals surface area contributed by atoms with Crippen LogP contribution in [-0.2, 0) is 6.61 Å². The van der Waals surface area contributed by atoms with Crippen molar-refractivity contribution in [1.82, 2.24) is 19.6 Å². The zero-order valence-electron chi connectivity index (χ0n) is 20.6. The number of likely N-dealkylation sites (tertiary alicyclic amines) is 1. The van der Waals surface area contributed by atoms with Gasteiger partial charge in [0.25, 0.3) is 11.8 Å². The fourth-order valence-electron chi connectivity index (χ4n) is 4.60. The zero-order valence-corrected chi connectivity index (χ0v) is 20.6. The van der Waals surface area contributed by atoms with Gasteiger partial charge in [-0.1, -0.05) is 30.3 Å². The molecule has 1 N–H and O–H groups in total. The second kappa shape index (κ2) is 10.2. The Morgan fingerprint density at radius 3 is 2.61 bits per heavy atom. The van der Waals surface area contributed by atoms with Crippen molar-refractivity contribution < 1.29 is 14.3 Å². The summed E-state index contributed by atoms with van der Waals surface area (Å²) in [5, 5.41) is 3.12. The summed E-state index contributed by atoms with van der Waals surface area (Å²) in [7, 11) is 0. The van der Waals surface area contributed by atoms with Crippen molar-refractivity contribution in [2.24, 2.45) is 0 Å². The van der Waals surface area contributed by atoms with Gasteiger partial charge in [-0.15, -0.1) is 0 Å². The summed E-state index contributed by atoms with van der Waals surface area (Å²) >= 11 is 0. The minimum atomic E-state index is -0.0523.